The second kappa shape index (κ2) is 6.52. The van der Waals surface area contributed by atoms with Crippen LogP contribution in [0.4, 0.5) is 5.82 Å². The molecule has 3 aliphatic rings. The molecule has 28 heavy (non-hydrogen) atoms. The first-order valence-corrected chi connectivity index (χ1v) is 11.4. The van der Waals surface area contributed by atoms with Gasteiger partial charge in [-0.2, -0.15) is 4.31 Å². The number of fused-ring (bicyclic) bond motifs is 1. The minimum absolute atomic E-state index is 0.158. The Morgan fingerprint density at radius 2 is 1.79 bits per heavy atom. The predicted molar refractivity (Wildman–Crippen MR) is 105 cm³/mol. The average molecular weight is 403 g/mol. The van der Waals surface area contributed by atoms with E-state index in [9.17, 15) is 8.42 Å². The highest BCUT2D eigenvalue weighted by molar-refractivity contribution is 7.89. The van der Waals surface area contributed by atoms with E-state index in [1.54, 1.807) is 21.4 Å². The third kappa shape index (κ3) is 2.91. The molecule has 1 aliphatic carbocycles. The highest BCUT2D eigenvalue weighted by Gasteiger charge is 2.45. The highest BCUT2D eigenvalue weighted by Crippen LogP contribution is 2.38. The van der Waals surface area contributed by atoms with Gasteiger partial charge in [-0.3, -0.25) is 0 Å². The minimum Gasteiger partial charge on any atom is -0.356 e. The molecule has 0 amide bonds. The summed E-state index contributed by atoms with van der Waals surface area (Å²) in [4.78, 5) is 15.5. The maximum absolute atomic E-state index is 13.0. The van der Waals surface area contributed by atoms with Crippen molar-refractivity contribution >= 4 is 15.8 Å². The van der Waals surface area contributed by atoms with Crippen LogP contribution in [0.3, 0.4) is 0 Å². The molecule has 4 heterocycles. The van der Waals surface area contributed by atoms with E-state index in [0.717, 1.165) is 24.6 Å². The Balaban J connectivity index is 1.29. The largest absolute Gasteiger partial charge is 0.356 e. The molecule has 2 aliphatic heterocycles. The van der Waals surface area contributed by atoms with Gasteiger partial charge in [0.2, 0.25) is 0 Å². The van der Waals surface area contributed by atoms with E-state index < -0.39 is 10.0 Å². The smallest absolute Gasteiger partial charge is 0.262 e. The Hall–Kier alpha value is -2.00. The van der Waals surface area contributed by atoms with Gasteiger partial charge in [-0.25, -0.2) is 23.4 Å². The van der Waals surface area contributed by atoms with Crippen LogP contribution in [0.15, 0.2) is 23.6 Å². The van der Waals surface area contributed by atoms with Crippen LogP contribution in [-0.4, -0.2) is 58.4 Å². The SMILES string of the molecule is Cc1nc(S(=O)(=O)N2CC3CN(c4cc(C5CCC5)ncn4)CC3C2)cn1C. The van der Waals surface area contributed by atoms with E-state index in [-0.39, 0.29) is 5.03 Å². The standard InChI is InChI=1S/C19H26N6O2S/c1-13-22-19(11-23(13)2)28(26,27)25-9-15-7-24(8-16(15)10-25)18-6-17(20-12-21-18)14-4-3-5-14/h6,11-12,14-16H,3-5,7-10H2,1-2H3. The summed E-state index contributed by atoms with van der Waals surface area (Å²) >= 11 is 0. The molecule has 3 fully saturated rings. The summed E-state index contributed by atoms with van der Waals surface area (Å²) in [6.45, 7) is 4.62. The van der Waals surface area contributed by atoms with Crippen LogP contribution in [0.5, 0.6) is 0 Å². The number of sulfonamides is 1. The van der Waals surface area contributed by atoms with Crippen molar-refractivity contribution in [3.63, 3.8) is 0 Å². The lowest BCUT2D eigenvalue weighted by Crippen LogP contribution is -2.33. The summed E-state index contributed by atoms with van der Waals surface area (Å²) in [6, 6.07) is 2.13. The van der Waals surface area contributed by atoms with Crippen LogP contribution in [0.2, 0.25) is 0 Å². The molecule has 5 rings (SSSR count). The first-order chi connectivity index (χ1) is 13.4. The van der Waals surface area contributed by atoms with Crippen LogP contribution in [0.1, 0.15) is 36.7 Å². The topological polar surface area (TPSA) is 84.2 Å². The molecule has 0 spiro atoms. The molecule has 0 bridgehead atoms. The van der Waals surface area contributed by atoms with E-state index in [2.05, 4.69) is 25.9 Å². The first kappa shape index (κ1) is 18.1. The highest BCUT2D eigenvalue weighted by atomic mass is 32.2. The van der Waals surface area contributed by atoms with Crippen molar-refractivity contribution < 1.29 is 8.42 Å². The number of imidazole rings is 1. The fourth-order valence-corrected chi connectivity index (χ4v) is 6.16. The van der Waals surface area contributed by atoms with Crippen molar-refractivity contribution in [1.29, 1.82) is 0 Å². The molecule has 2 atom stereocenters. The van der Waals surface area contributed by atoms with Gasteiger partial charge < -0.3 is 9.47 Å². The van der Waals surface area contributed by atoms with Gasteiger partial charge in [0.05, 0.1) is 0 Å². The summed E-state index contributed by atoms with van der Waals surface area (Å²) in [7, 11) is -1.70. The van der Waals surface area contributed by atoms with Gasteiger partial charge in [0.15, 0.2) is 5.03 Å². The number of aromatic nitrogens is 4. The maximum atomic E-state index is 13.0. The van der Waals surface area contributed by atoms with Crippen LogP contribution >= 0.6 is 0 Å². The fraction of sp³-hybridized carbons (Fsp3) is 0.632. The van der Waals surface area contributed by atoms with Crippen molar-refractivity contribution in [3.8, 4) is 0 Å². The summed E-state index contributed by atoms with van der Waals surface area (Å²) < 4.78 is 29.3. The van der Waals surface area contributed by atoms with E-state index >= 15 is 0 Å². The fourth-order valence-electron chi connectivity index (χ4n) is 4.58. The van der Waals surface area contributed by atoms with Crippen LogP contribution in [0.25, 0.3) is 0 Å². The molecule has 0 N–H and O–H groups in total. The molecule has 2 unspecified atom stereocenters. The molecule has 8 nitrogen and oxygen atoms in total. The van der Waals surface area contributed by atoms with Crippen LogP contribution in [-0.2, 0) is 17.1 Å². The zero-order chi connectivity index (χ0) is 19.5. The van der Waals surface area contributed by atoms with Crippen molar-refractivity contribution in [3.05, 3.63) is 30.1 Å². The van der Waals surface area contributed by atoms with Gasteiger partial charge in [-0.1, -0.05) is 6.42 Å². The van der Waals surface area contributed by atoms with E-state index in [4.69, 9.17) is 0 Å². The average Bonchev–Trinajstić information content (AvgIpc) is 3.27. The van der Waals surface area contributed by atoms with Gasteiger partial charge in [0.1, 0.15) is 18.0 Å². The molecule has 1 saturated carbocycles. The molecule has 2 saturated heterocycles. The van der Waals surface area contributed by atoms with Gasteiger partial charge >= 0.3 is 0 Å². The Kier molecular flexibility index (Phi) is 4.20. The lowest BCUT2D eigenvalue weighted by atomic mass is 9.83. The Morgan fingerprint density at radius 1 is 1.07 bits per heavy atom. The van der Waals surface area contributed by atoms with E-state index in [1.165, 1.54) is 19.3 Å². The maximum Gasteiger partial charge on any atom is 0.262 e. The number of rotatable bonds is 4. The number of hydrogen-bond donors (Lipinski definition) is 0. The Morgan fingerprint density at radius 3 is 2.36 bits per heavy atom. The van der Waals surface area contributed by atoms with Crippen LogP contribution < -0.4 is 4.90 Å². The quantitative estimate of drug-likeness (QED) is 0.771. The second-order valence-electron chi connectivity index (χ2n) is 8.41. The van der Waals surface area contributed by atoms with Gasteiger partial charge in [-0.15, -0.1) is 0 Å². The monoisotopic (exact) mass is 402 g/mol. The summed E-state index contributed by atoms with van der Waals surface area (Å²) in [5.74, 6) is 2.95. The minimum atomic E-state index is -3.52. The van der Waals surface area contributed by atoms with Crippen molar-refractivity contribution in [2.45, 2.75) is 37.1 Å². The zero-order valence-corrected chi connectivity index (χ0v) is 17.1. The molecule has 0 aromatic carbocycles. The van der Waals surface area contributed by atoms with E-state index in [0.29, 0.717) is 36.7 Å². The third-order valence-corrected chi connectivity index (χ3v) is 8.37. The summed E-state index contributed by atoms with van der Waals surface area (Å²) in [5, 5.41) is 0.158. The first-order valence-electron chi connectivity index (χ1n) is 9.99. The number of nitrogens with zero attached hydrogens (tertiary/aromatic N) is 6. The van der Waals surface area contributed by atoms with Gasteiger partial charge in [-0.05, 0) is 31.6 Å². The molecular weight excluding hydrogens is 376 g/mol. The number of hydrogen-bond acceptors (Lipinski definition) is 6. The zero-order valence-electron chi connectivity index (χ0n) is 16.3. The molecular formula is C19H26N6O2S. The van der Waals surface area contributed by atoms with Crippen molar-refractivity contribution in [2.24, 2.45) is 18.9 Å². The third-order valence-electron chi connectivity index (χ3n) is 6.66. The Bertz CT molecular complexity index is 966. The summed E-state index contributed by atoms with van der Waals surface area (Å²) in [5.41, 5.74) is 1.16. The number of anilines is 1. The van der Waals surface area contributed by atoms with E-state index in [1.807, 2.05) is 14.0 Å². The molecule has 150 valence electrons. The Labute approximate surface area is 165 Å². The predicted octanol–water partition coefficient (Wildman–Crippen LogP) is 1.54. The lowest BCUT2D eigenvalue weighted by Gasteiger charge is -2.26. The van der Waals surface area contributed by atoms with Crippen LogP contribution in [0, 0.1) is 18.8 Å². The lowest BCUT2D eigenvalue weighted by molar-refractivity contribution is 0.410. The number of aryl methyl sites for hydroxylation is 2. The van der Waals surface area contributed by atoms with Crippen molar-refractivity contribution in [1.82, 2.24) is 23.8 Å². The van der Waals surface area contributed by atoms with Crippen molar-refractivity contribution in [2.75, 3.05) is 31.1 Å². The normalized spacial score (nSPS) is 25.9. The molecule has 2 aromatic rings. The summed E-state index contributed by atoms with van der Waals surface area (Å²) in [6.07, 6.45) is 7.02. The molecule has 0 radical (unpaired) electrons. The van der Waals surface area contributed by atoms with Gasteiger partial charge in [0, 0.05) is 57.1 Å². The molecule has 2 aromatic heterocycles. The van der Waals surface area contributed by atoms with Gasteiger partial charge in [0.25, 0.3) is 10.0 Å². The second-order valence-corrected chi connectivity index (χ2v) is 10.3. The molecule has 9 heteroatoms.